The molecule has 0 aliphatic rings. The van der Waals surface area contributed by atoms with E-state index in [4.69, 9.17) is 0 Å². The number of benzene rings is 9. The number of hydrogen-bond donors (Lipinski definition) is 0. The summed E-state index contributed by atoms with van der Waals surface area (Å²) in [5.41, 5.74) is 16.5. The van der Waals surface area contributed by atoms with Gasteiger partial charge in [0.25, 0.3) is 0 Å². The first-order valence-corrected chi connectivity index (χ1v) is 19.2. The SMILES string of the molecule is c1ccc(-c2ccc(-c3ccc(N(c4ccccc4)c4cccc(-c5ccc6c(c5)c5ccccc5n6-c5ccccc5)c4)cc3)cc2-c2ccccc2)cc1. The molecule has 1 heterocycles. The number of anilines is 3. The van der Waals surface area contributed by atoms with E-state index in [1.807, 2.05) is 0 Å². The predicted octanol–water partition coefficient (Wildman–Crippen LogP) is 14.9. The van der Waals surface area contributed by atoms with Gasteiger partial charge in [0.2, 0.25) is 0 Å². The van der Waals surface area contributed by atoms with Gasteiger partial charge in [-0.3, -0.25) is 0 Å². The molecule has 0 saturated carbocycles. The number of nitrogens with zero attached hydrogens (tertiary/aromatic N) is 2. The maximum atomic E-state index is 2.37. The van der Waals surface area contributed by atoms with Gasteiger partial charge in [-0.15, -0.1) is 0 Å². The molecular weight excluding hydrogens is 677 g/mol. The maximum Gasteiger partial charge on any atom is 0.0541 e. The van der Waals surface area contributed by atoms with Crippen molar-refractivity contribution in [1.82, 2.24) is 4.57 Å². The molecule has 10 rings (SSSR count). The van der Waals surface area contributed by atoms with Crippen LogP contribution < -0.4 is 4.90 Å². The highest BCUT2D eigenvalue weighted by atomic mass is 15.1. The van der Waals surface area contributed by atoms with E-state index in [-0.39, 0.29) is 0 Å². The first-order chi connectivity index (χ1) is 27.8. The lowest BCUT2D eigenvalue weighted by Gasteiger charge is -2.26. The predicted molar refractivity (Wildman–Crippen MR) is 237 cm³/mol. The van der Waals surface area contributed by atoms with Gasteiger partial charge in [0, 0.05) is 33.5 Å². The zero-order valence-corrected chi connectivity index (χ0v) is 30.8. The Hall–Kier alpha value is -7.42. The number of rotatable bonds is 8. The number of aromatic nitrogens is 1. The number of para-hydroxylation sites is 3. The van der Waals surface area contributed by atoms with Gasteiger partial charge in [0.15, 0.2) is 0 Å². The molecule has 10 aromatic rings. The monoisotopic (exact) mass is 714 g/mol. The lowest BCUT2D eigenvalue weighted by Crippen LogP contribution is -2.09. The molecule has 56 heavy (non-hydrogen) atoms. The van der Waals surface area contributed by atoms with Gasteiger partial charge in [-0.2, -0.15) is 0 Å². The van der Waals surface area contributed by atoms with Crippen molar-refractivity contribution in [2.75, 3.05) is 4.90 Å². The van der Waals surface area contributed by atoms with Gasteiger partial charge >= 0.3 is 0 Å². The minimum absolute atomic E-state index is 1.10. The van der Waals surface area contributed by atoms with E-state index in [0.29, 0.717) is 0 Å². The lowest BCUT2D eigenvalue weighted by atomic mass is 9.91. The summed E-state index contributed by atoms with van der Waals surface area (Å²) in [6.45, 7) is 0. The molecule has 2 nitrogen and oxygen atoms in total. The van der Waals surface area contributed by atoms with Gasteiger partial charge in [-0.25, -0.2) is 0 Å². The summed E-state index contributed by atoms with van der Waals surface area (Å²) in [5.74, 6) is 0. The fourth-order valence-corrected chi connectivity index (χ4v) is 8.11. The Morgan fingerprint density at radius 2 is 0.768 bits per heavy atom. The van der Waals surface area contributed by atoms with Crippen LogP contribution in [-0.2, 0) is 0 Å². The van der Waals surface area contributed by atoms with Crippen molar-refractivity contribution in [2.45, 2.75) is 0 Å². The Bertz CT molecular complexity index is 2930. The first-order valence-electron chi connectivity index (χ1n) is 19.2. The topological polar surface area (TPSA) is 8.17 Å². The van der Waals surface area contributed by atoms with Crippen LogP contribution in [0.1, 0.15) is 0 Å². The molecule has 0 N–H and O–H groups in total. The van der Waals surface area contributed by atoms with Crippen LogP contribution in [0.2, 0.25) is 0 Å². The third kappa shape index (κ3) is 6.14. The van der Waals surface area contributed by atoms with Gasteiger partial charge in [0.05, 0.1) is 11.0 Å². The van der Waals surface area contributed by atoms with Crippen molar-refractivity contribution in [3.63, 3.8) is 0 Å². The van der Waals surface area contributed by atoms with Gasteiger partial charge in [0.1, 0.15) is 0 Å². The smallest absolute Gasteiger partial charge is 0.0541 e. The quantitative estimate of drug-likeness (QED) is 0.152. The van der Waals surface area contributed by atoms with E-state index in [9.17, 15) is 0 Å². The molecule has 0 spiro atoms. The van der Waals surface area contributed by atoms with Gasteiger partial charge < -0.3 is 9.47 Å². The van der Waals surface area contributed by atoms with Crippen molar-refractivity contribution < 1.29 is 0 Å². The second-order valence-electron chi connectivity index (χ2n) is 14.2. The highest BCUT2D eigenvalue weighted by Crippen LogP contribution is 2.41. The molecule has 0 bridgehead atoms. The summed E-state index contributed by atoms with van der Waals surface area (Å²) in [6, 6.07) is 83.0. The molecule has 0 unspecified atom stereocenters. The third-order valence-electron chi connectivity index (χ3n) is 10.8. The molecule has 0 atom stereocenters. The summed E-state index contributed by atoms with van der Waals surface area (Å²) in [4.78, 5) is 2.35. The molecule has 0 aliphatic heterocycles. The van der Waals surface area contributed by atoms with E-state index in [2.05, 4.69) is 240 Å². The largest absolute Gasteiger partial charge is 0.310 e. The van der Waals surface area contributed by atoms with Crippen LogP contribution in [0.4, 0.5) is 17.1 Å². The lowest BCUT2D eigenvalue weighted by molar-refractivity contribution is 1.18. The van der Waals surface area contributed by atoms with Crippen LogP contribution in [-0.4, -0.2) is 4.57 Å². The minimum atomic E-state index is 1.10. The zero-order chi connectivity index (χ0) is 37.3. The molecule has 0 saturated heterocycles. The molecule has 0 fully saturated rings. The second kappa shape index (κ2) is 14.4. The number of fused-ring (bicyclic) bond motifs is 3. The van der Waals surface area contributed by atoms with Crippen LogP contribution in [0.25, 0.3) is 72.0 Å². The fraction of sp³-hybridized carbons (Fsp3) is 0. The summed E-state index contributed by atoms with van der Waals surface area (Å²) < 4.78 is 2.37. The molecule has 0 radical (unpaired) electrons. The van der Waals surface area contributed by atoms with Crippen LogP contribution in [0.3, 0.4) is 0 Å². The van der Waals surface area contributed by atoms with Crippen LogP contribution >= 0.6 is 0 Å². The Kier molecular flexibility index (Phi) is 8.55. The summed E-state index contributed by atoms with van der Waals surface area (Å²) in [6.07, 6.45) is 0. The van der Waals surface area contributed by atoms with Crippen molar-refractivity contribution in [3.05, 3.63) is 231 Å². The third-order valence-corrected chi connectivity index (χ3v) is 10.8. The molecular formula is C54H38N2. The van der Waals surface area contributed by atoms with Crippen LogP contribution in [0.5, 0.6) is 0 Å². The van der Waals surface area contributed by atoms with Crippen LogP contribution in [0.15, 0.2) is 231 Å². The first kappa shape index (κ1) is 33.2. The fourth-order valence-electron chi connectivity index (χ4n) is 8.11. The van der Waals surface area contributed by atoms with Gasteiger partial charge in [-0.05, 0) is 117 Å². The molecule has 2 heteroatoms. The average Bonchev–Trinajstić information content (AvgIpc) is 3.62. The Morgan fingerprint density at radius 3 is 1.50 bits per heavy atom. The summed E-state index contributed by atoms with van der Waals surface area (Å²) in [7, 11) is 0. The van der Waals surface area contributed by atoms with Crippen LogP contribution in [0, 0.1) is 0 Å². The Labute approximate surface area is 327 Å². The minimum Gasteiger partial charge on any atom is -0.310 e. The average molecular weight is 715 g/mol. The molecule has 1 aromatic heterocycles. The second-order valence-corrected chi connectivity index (χ2v) is 14.2. The van der Waals surface area contributed by atoms with E-state index < -0.39 is 0 Å². The van der Waals surface area contributed by atoms with E-state index in [1.54, 1.807) is 0 Å². The normalized spacial score (nSPS) is 11.2. The molecule has 0 amide bonds. The summed E-state index contributed by atoms with van der Waals surface area (Å²) in [5, 5.41) is 2.50. The standard InChI is InChI=1S/C54H38N2/c1-5-16-40(17-6-1)49-34-30-43(37-51(49)41-18-7-2-8-19-41)39-28-32-47(33-29-39)55(45-21-9-3-10-22-45)48-25-15-20-42(36-48)44-31-35-54-52(38-44)50-26-13-14-27-53(50)56(54)46-23-11-4-12-24-46/h1-38H. The highest BCUT2D eigenvalue weighted by Gasteiger charge is 2.17. The molecule has 264 valence electrons. The highest BCUT2D eigenvalue weighted by molar-refractivity contribution is 6.10. The Morgan fingerprint density at radius 1 is 0.268 bits per heavy atom. The zero-order valence-electron chi connectivity index (χ0n) is 30.8. The van der Waals surface area contributed by atoms with E-state index in [0.717, 1.165) is 17.1 Å². The number of hydrogen-bond acceptors (Lipinski definition) is 1. The van der Waals surface area contributed by atoms with Crippen molar-refractivity contribution >= 4 is 38.9 Å². The van der Waals surface area contributed by atoms with Crippen molar-refractivity contribution in [2.24, 2.45) is 0 Å². The van der Waals surface area contributed by atoms with Crippen molar-refractivity contribution in [1.29, 1.82) is 0 Å². The maximum absolute atomic E-state index is 2.37. The molecule has 9 aromatic carbocycles. The van der Waals surface area contributed by atoms with E-state index >= 15 is 0 Å². The molecule has 0 aliphatic carbocycles. The Balaban J connectivity index is 1.03. The van der Waals surface area contributed by atoms with E-state index in [1.165, 1.54) is 72.0 Å². The van der Waals surface area contributed by atoms with Crippen molar-refractivity contribution in [3.8, 4) is 50.2 Å². The summed E-state index contributed by atoms with van der Waals surface area (Å²) >= 11 is 0. The van der Waals surface area contributed by atoms with Gasteiger partial charge in [-0.1, -0.05) is 158 Å².